The van der Waals surface area contributed by atoms with Gasteiger partial charge in [0.2, 0.25) is 0 Å². The number of aromatic nitrogens is 1. The molecule has 0 radical (unpaired) electrons. The number of rotatable bonds is 5. The molecule has 138 valence electrons. The van der Waals surface area contributed by atoms with Gasteiger partial charge in [0.05, 0.1) is 6.20 Å². The van der Waals surface area contributed by atoms with Crippen molar-refractivity contribution in [1.82, 2.24) is 4.98 Å². The van der Waals surface area contributed by atoms with Crippen LogP contribution in [-0.4, -0.2) is 27.9 Å². The van der Waals surface area contributed by atoms with E-state index >= 15 is 0 Å². The molecule has 0 aliphatic carbocycles. The van der Waals surface area contributed by atoms with Crippen LogP contribution in [0.25, 0.3) is 5.57 Å². The highest BCUT2D eigenvalue weighted by Gasteiger charge is 2.34. The van der Waals surface area contributed by atoms with Gasteiger partial charge in [0.1, 0.15) is 23.7 Å². The smallest absolute Gasteiger partial charge is 0.342 e. The topological polar surface area (TPSA) is 72.6 Å². The number of carbonyl (C=O) groups is 1. The number of cyclic esters (lactones) is 1. The number of benzene rings is 1. The third-order valence-corrected chi connectivity index (χ3v) is 5.73. The highest BCUT2D eigenvalue weighted by atomic mass is 32.2. The van der Waals surface area contributed by atoms with Gasteiger partial charge in [-0.1, -0.05) is 36.4 Å². The summed E-state index contributed by atoms with van der Waals surface area (Å²) >= 11 is 1.47. The Morgan fingerprint density at radius 2 is 2.00 bits per heavy atom. The summed E-state index contributed by atoms with van der Waals surface area (Å²) in [7, 11) is 0. The van der Waals surface area contributed by atoms with Gasteiger partial charge in [0, 0.05) is 18.1 Å². The van der Waals surface area contributed by atoms with Crippen LogP contribution >= 0.6 is 11.8 Å². The summed E-state index contributed by atoms with van der Waals surface area (Å²) in [6.45, 7) is 7.91. The highest BCUT2D eigenvalue weighted by Crippen LogP contribution is 2.35. The second kappa shape index (κ2) is 7.58. The predicted octanol–water partition coefficient (Wildman–Crippen LogP) is 4.61. The van der Waals surface area contributed by atoms with Crippen molar-refractivity contribution in [2.24, 2.45) is 5.92 Å². The van der Waals surface area contributed by atoms with Crippen LogP contribution in [0.4, 0.5) is 0 Å². The summed E-state index contributed by atoms with van der Waals surface area (Å²) in [5, 5.41) is 11.2. The Morgan fingerprint density at radius 3 is 2.58 bits per heavy atom. The van der Waals surface area contributed by atoms with Crippen LogP contribution in [0.3, 0.4) is 0 Å². The lowest BCUT2D eigenvalue weighted by atomic mass is 9.89. The van der Waals surface area contributed by atoms with E-state index in [1.54, 1.807) is 6.20 Å². The van der Waals surface area contributed by atoms with Crippen molar-refractivity contribution in [3.8, 4) is 0 Å². The van der Waals surface area contributed by atoms with Gasteiger partial charge in [-0.3, -0.25) is 0 Å². The van der Waals surface area contributed by atoms with Gasteiger partial charge < -0.3 is 14.3 Å². The number of thioether (sulfide) groups is 1. The molecule has 1 N–H and O–H groups in total. The van der Waals surface area contributed by atoms with Crippen molar-refractivity contribution in [1.29, 1.82) is 0 Å². The standard InChI is InChI=1S/C20H23NO4S/c1-11-7-12(2)17(13(3)8-11)18-15(22)9-16(25-19(18)23)14(4)10-26-20-21-5-6-24-20/h5-8,14,16,22H,9-10H2,1-4H3. The van der Waals surface area contributed by atoms with Gasteiger partial charge >= 0.3 is 5.97 Å². The zero-order valence-corrected chi connectivity index (χ0v) is 16.2. The molecule has 6 heteroatoms. The van der Waals surface area contributed by atoms with Gasteiger partial charge in [-0.25, -0.2) is 9.78 Å². The Morgan fingerprint density at radius 1 is 1.31 bits per heavy atom. The van der Waals surface area contributed by atoms with Crippen LogP contribution in [0.1, 0.15) is 35.6 Å². The molecule has 0 bridgehead atoms. The number of hydrogen-bond acceptors (Lipinski definition) is 6. The Hall–Kier alpha value is -2.21. The molecular weight excluding hydrogens is 350 g/mol. The number of hydrogen-bond donors (Lipinski definition) is 1. The average molecular weight is 373 g/mol. The maximum Gasteiger partial charge on any atom is 0.342 e. The summed E-state index contributed by atoms with van der Waals surface area (Å²) in [4.78, 5) is 16.7. The van der Waals surface area contributed by atoms with Crippen LogP contribution < -0.4 is 0 Å². The predicted molar refractivity (Wildman–Crippen MR) is 101 cm³/mol. The molecule has 26 heavy (non-hydrogen) atoms. The third kappa shape index (κ3) is 3.80. The zero-order valence-electron chi connectivity index (χ0n) is 15.4. The Labute approximate surface area is 157 Å². The molecule has 0 saturated carbocycles. The fourth-order valence-corrected chi connectivity index (χ4v) is 4.26. The highest BCUT2D eigenvalue weighted by molar-refractivity contribution is 7.99. The van der Waals surface area contributed by atoms with E-state index in [0.29, 0.717) is 23.0 Å². The summed E-state index contributed by atoms with van der Waals surface area (Å²) in [5.41, 5.74) is 4.13. The number of aliphatic hydroxyl groups is 1. The molecule has 2 heterocycles. The van der Waals surface area contributed by atoms with Gasteiger partial charge in [-0.2, -0.15) is 0 Å². The molecule has 5 nitrogen and oxygen atoms in total. The minimum Gasteiger partial charge on any atom is -0.511 e. The van der Waals surface area contributed by atoms with Crippen LogP contribution in [0.2, 0.25) is 0 Å². The van der Waals surface area contributed by atoms with E-state index < -0.39 is 5.97 Å². The molecule has 0 spiro atoms. The molecule has 1 aromatic heterocycles. The van der Waals surface area contributed by atoms with E-state index in [-0.39, 0.29) is 17.8 Å². The molecule has 1 aromatic carbocycles. The Balaban J connectivity index is 1.79. The fraction of sp³-hybridized carbons (Fsp3) is 0.400. The normalized spacial score (nSPS) is 18.8. The molecule has 1 aliphatic heterocycles. The van der Waals surface area contributed by atoms with Crippen molar-refractivity contribution in [2.75, 3.05) is 5.75 Å². The summed E-state index contributed by atoms with van der Waals surface area (Å²) < 4.78 is 10.9. The lowest BCUT2D eigenvalue weighted by Gasteiger charge is -2.29. The van der Waals surface area contributed by atoms with Gasteiger partial charge in [-0.15, -0.1) is 0 Å². The van der Waals surface area contributed by atoms with Crippen LogP contribution in [0.5, 0.6) is 0 Å². The second-order valence-corrected chi connectivity index (χ2v) is 7.80. The van der Waals surface area contributed by atoms with E-state index in [1.807, 2.05) is 39.8 Å². The van der Waals surface area contributed by atoms with E-state index in [1.165, 1.54) is 18.0 Å². The molecule has 2 unspecified atom stereocenters. The number of nitrogens with zero attached hydrogens (tertiary/aromatic N) is 1. The maximum absolute atomic E-state index is 12.7. The number of carbonyl (C=O) groups excluding carboxylic acids is 1. The van der Waals surface area contributed by atoms with E-state index in [9.17, 15) is 9.90 Å². The van der Waals surface area contributed by atoms with Crippen molar-refractivity contribution in [2.45, 2.75) is 45.4 Å². The monoisotopic (exact) mass is 373 g/mol. The molecule has 0 fully saturated rings. The minimum atomic E-state index is -0.457. The van der Waals surface area contributed by atoms with Crippen LogP contribution in [0.15, 0.2) is 40.0 Å². The van der Waals surface area contributed by atoms with Gasteiger partial charge in [0.15, 0.2) is 0 Å². The SMILES string of the molecule is Cc1cc(C)c(C2=C(O)CC(C(C)CSc3ncco3)OC2=O)c(C)c1. The lowest BCUT2D eigenvalue weighted by Crippen LogP contribution is -2.32. The van der Waals surface area contributed by atoms with Gasteiger partial charge in [0.25, 0.3) is 5.22 Å². The first-order valence-electron chi connectivity index (χ1n) is 8.60. The molecule has 0 amide bonds. The number of aryl methyl sites for hydroxylation is 3. The van der Waals surface area contributed by atoms with E-state index in [2.05, 4.69) is 4.98 Å². The van der Waals surface area contributed by atoms with Crippen LogP contribution in [-0.2, 0) is 9.53 Å². The molecular formula is C20H23NO4S. The van der Waals surface area contributed by atoms with Crippen molar-refractivity contribution in [3.63, 3.8) is 0 Å². The lowest BCUT2D eigenvalue weighted by molar-refractivity contribution is -0.145. The Bertz CT molecular complexity index is 818. The van der Waals surface area contributed by atoms with Crippen LogP contribution in [0, 0.1) is 26.7 Å². The Kier molecular flexibility index (Phi) is 5.41. The van der Waals surface area contributed by atoms with Crippen molar-refractivity contribution >= 4 is 23.3 Å². The first-order valence-corrected chi connectivity index (χ1v) is 9.59. The molecule has 2 aromatic rings. The van der Waals surface area contributed by atoms with E-state index in [0.717, 1.165) is 22.3 Å². The maximum atomic E-state index is 12.7. The number of oxazole rings is 1. The zero-order chi connectivity index (χ0) is 18.8. The quantitative estimate of drug-likeness (QED) is 0.609. The molecule has 3 rings (SSSR count). The van der Waals surface area contributed by atoms with Crippen molar-refractivity contribution < 1.29 is 19.1 Å². The molecule has 1 aliphatic rings. The number of aliphatic hydroxyl groups excluding tert-OH is 1. The van der Waals surface area contributed by atoms with Crippen molar-refractivity contribution in [3.05, 3.63) is 52.6 Å². The second-order valence-electron chi connectivity index (χ2n) is 6.83. The fourth-order valence-electron chi connectivity index (χ4n) is 3.38. The number of esters is 1. The summed E-state index contributed by atoms with van der Waals surface area (Å²) in [6.07, 6.45) is 3.09. The molecule has 0 saturated heterocycles. The third-order valence-electron chi connectivity index (χ3n) is 4.59. The average Bonchev–Trinajstić information content (AvgIpc) is 3.07. The summed E-state index contributed by atoms with van der Waals surface area (Å²) in [6, 6.07) is 4.02. The molecule has 2 atom stereocenters. The van der Waals surface area contributed by atoms with Gasteiger partial charge in [-0.05, 0) is 37.5 Å². The largest absolute Gasteiger partial charge is 0.511 e. The minimum absolute atomic E-state index is 0.0553. The van der Waals surface area contributed by atoms with E-state index in [4.69, 9.17) is 9.15 Å². The number of ether oxygens (including phenoxy) is 1. The summed E-state index contributed by atoms with van der Waals surface area (Å²) in [5.74, 6) is 0.389. The first kappa shape index (κ1) is 18.6. The first-order chi connectivity index (χ1) is 12.4.